The fourth-order valence-electron chi connectivity index (χ4n) is 2.14. The van der Waals surface area contributed by atoms with E-state index in [0.717, 1.165) is 45.3 Å². The second-order valence-corrected chi connectivity index (χ2v) is 10.2. The van der Waals surface area contributed by atoms with Gasteiger partial charge in [0, 0.05) is 0 Å². The summed E-state index contributed by atoms with van der Waals surface area (Å²) in [5.74, 6) is -0.421. The van der Waals surface area contributed by atoms with E-state index in [0.29, 0.717) is 9.47 Å². The lowest BCUT2D eigenvalue weighted by molar-refractivity contribution is -0.137. The lowest BCUT2D eigenvalue weighted by Gasteiger charge is -2.11. The Labute approximate surface area is 190 Å². The minimum atomic E-state index is -4.66. The highest BCUT2D eigenvalue weighted by Crippen LogP contribution is 2.33. The van der Waals surface area contributed by atoms with Gasteiger partial charge in [0.05, 0.1) is 16.9 Å². The van der Waals surface area contributed by atoms with Crippen LogP contribution in [0.15, 0.2) is 32.9 Å². The molecule has 164 valence electrons. The zero-order chi connectivity index (χ0) is 22.4. The highest BCUT2D eigenvalue weighted by Gasteiger charge is 2.35. The summed E-state index contributed by atoms with van der Waals surface area (Å²) in [5.41, 5.74) is -1.56. The van der Waals surface area contributed by atoms with E-state index < -0.39 is 23.2 Å². The number of hydrogen-bond acceptors (Lipinski definition) is 10. The third kappa shape index (κ3) is 6.62. The van der Waals surface area contributed by atoms with Crippen LogP contribution < -0.4 is 10.6 Å². The molecule has 2 N–H and O–H groups in total. The van der Waals surface area contributed by atoms with Crippen LogP contribution in [-0.4, -0.2) is 43.7 Å². The molecular formula is C16H13F3N6O2S4. The lowest BCUT2D eigenvalue weighted by Crippen LogP contribution is -2.18. The predicted molar refractivity (Wildman–Crippen MR) is 115 cm³/mol. The molecule has 15 heteroatoms. The third-order valence-electron chi connectivity index (χ3n) is 3.35. The number of amides is 2. The van der Waals surface area contributed by atoms with Gasteiger partial charge in [0.2, 0.25) is 16.2 Å². The molecule has 1 aromatic carbocycles. The Hall–Kier alpha value is -2.23. The van der Waals surface area contributed by atoms with Crippen LogP contribution in [0.25, 0.3) is 0 Å². The van der Waals surface area contributed by atoms with Crippen molar-refractivity contribution in [1.29, 1.82) is 0 Å². The van der Waals surface area contributed by atoms with Crippen LogP contribution in [0.5, 0.6) is 0 Å². The Balaban J connectivity index is 1.54. The first-order valence-corrected chi connectivity index (χ1v) is 12.1. The first kappa shape index (κ1) is 23.4. The summed E-state index contributed by atoms with van der Waals surface area (Å²) in [6, 6.07) is 4.45. The number of anilines is 2. The van der Waals surface area contributed by atoms with Crippen molar-refractivity contribution in [3.8, 4) is 0 Å². The van der Waals surface area contributed by atoms with E-state index in [9.17, 15) is 22.8 Å². The number of alkyl halides is 3. The van der Waals surface area contributed by atoms with E-state index >= 15 is 0 Å². The Morgan fingerprint density at radius 2 is 1.58 bits per heavy atom. The van der Waals surface area contributed by atoms with Gasteiger partial charge < -0.3 is 0 Å². The highest BCUT2D eigenvalue weighted by atomic mass is 32.2. The summed E-state index contributed by atoms with van der Waals surface area (Å²) in [6.07, 6.45) is -4.66. The number of nitrogens with one attached hydrogen (secondary N) is 2. The number of nitrogens with zero attached hydrogens (tertiary/aromatic N) is 4. The van der Waals surface area contributed by atoms with Crippen molar-refractivity contribution in [2.75, 3.05) is 22.1 Å². The smallest absolute Gasteiger partial charge is 0.300 e. The number of benzene rings is 1. The molecule has 2 aromatic heterocycles. The van der Waals surface area contributed by atoms with Gasteiger partial charge in [0.1, 0.15) is 0 Å². The van der Waals surface area contributed by atoms with Crippen molar-refractivity contribution in [3.05, 3.63) is 35.4 Å². The molecule has 2 heterocycles. The van der Waals surface area contributed by atoms with Crippen LogP contribution in [0.4, 0.5) is 23.4 Å². The molecule has 0 bridgehead atoms. The summed E-state index contributed by atoms with van der Waals surface area (Å²) in [5, 5.41) is 20.7. The number of carbonyl (C=O) groups is 2. The van der Waals surface area contributed by atoms with Crippen molar-refractivity contribution in [2.45, 2.75) is 21.8 Å². The van der Waals surface area contributed by atoms with E-state index in [2.05, 4.69) is 31.0 Å². The van der Waals surface area contributed by atoms with E-state index in [-0.39, 0.29) is 16.8 Å². The fourth-order valence-corrected chi connectivity index (χ4v) is 5.35. The molecule has 0 aliphatic carbocycles. The van der Waals surface area contributed by atoms with Crippen LogP contribution in [0.1, 0.15) is 22.8 Å². The van der Waals surface area contributed by atoms with Gasteiger partial charge in [-0.1, -0.05) is 65.3 Å². The molecule has 0 aliphatic heterocycles. The van der Waals surface area contributed by atoms with Crippen LogP contribution in [0.3, 0.4) is 0 Å². The molecular weight excluding hydrogens is 493 g/mol. The molecule has 2 amide bonds. The van der Waals surface area contributed by atoms with Gasteiger partial charge in [-0.05, 0) is 17.9 Å². The maximum Gasteiger partial charge on any atom is 0.417 e. The summed E-state index contributed by atoms with van der Waals surface area (Å²) in [7, 11) is 0. The largest absolute Gasteiger partial charge is 0.417 e. The standard InChI is InChI=1S/C16H13F3N6O2S4/c1-2-28-14-24-22-12(30-14)20-10(26)7-29-15-25-23-13(31-15)21-11(27)8-5-3-4-6-9(8)16(17,18)19/h3-6H,2,7H2,1H3,(H,20,22,26)(H,21,23,27). The molecule has 0 unspecified atom stereocenters. The molecule has 0 fully saturated rings. The van der Waals surface area contributed by atoms with E-state index in [1.54, 1.807) is 0 Å². The average molecular weight is 507 g/mol. The van der Waals surface area contributed by atoms with Crippen molar-refractivity contribution < 1.29 is 22.8 Å². The molecule has 0 aliphatic rings. The molecule has 0 saturated heterocycles. The summed E-state index contributed by atoms with van der Waals surface area (Å²) in [6.45, 7) is 1.98. The van der Waals surface area contributed by atoms with Gasteiger partial charge >= 0.3 is 6.18 Å². The highest BCUT2D eigenvalue weighted by molar-refractivity contribution is 8.01. The Morgan fingerprint density at radius 1 is 0.968 bits per heavy atom. The Morgan fingerprint density at radius 3 is 2.23 bits per heavy atom. The number of hydrogen-bond donors (Lipinski definition) is 2. The molecule has 31 heavy (non-hydrogen) atoms. The Bertz CT molecular complexity index is 1070. The van der Waals surface area contributed by atoms with Crippen molar-refractivity contribution in [1.82, 2.24) is 20.4 Å². The first-order chi connectivity index (χ1) is 14.8. The second kappa shape index (κ2) is 10.4. The number of aromatic nitrogens is 4. The molecule has 3 aromatic rings. The monoisotopic (exact) mass is 506 g/mol. The summed E-state index contributed by atoms with van der Waals surface area (Å²) in [4.78, 5) is 24.3. The van der Waals surface area contributed by atoms with E-state index in [1.165, 1.54) is 35.2 Å². The average Bonchev–Trinajstić information content (AvgIpc) is 3.35. The van der Waals surface area contributed by atoms with E-state index in [1.807, 2.05) is 6.92 Å². The van der Waals surface area contributed by atoms with Crippen LogP contribution in [-0.2, 0) is 11.0 Å². The molecule has 0 atom stereocenters. The molecule has 0 spiro atoms. The topological polar surface area (TPSA) is 110 Å². The van der Waals surface area contributed by atoms with Gasteiger partial charge in [0.25, 0.3) is 5.91 Å². The minimum Gasteiger partial charge on any atom is -0.300 e. The van der Waals surface area contributed by atoms with Crippen LogP contribution in [0, 0.1) is 0 Å². The number of rotatable bonds is 8. The SMILES string of the molecule is CCSc1nnc(NC(=O)CSc2nnc(NC(=O)c3ccccc3C(F)(F)F)s2)s1. The zero-order valence-electron chi connectivity index (χ0n) is 15.6. The maximum absolute atomic E-state index is 13.1. The quantitative estimate of drug-likeness (QED) is 0.339. The summed E-state index contributed by atoms with van der Waals surface area (Å²) >= 11 is 4.80. The number of halogens is 3. The third-order valence-corrected chi connectivity index (χ3v) is 7.18. The van der Waals surface area contributed by atoms with Crippen LogP contribution >= 0.6 is 46.2 Å². The summed E-state index contributed by atoms with van der Waals surface area (Å²) < 4.78 is 40.3. The second-order valence-electron chi connectivity index (χ2n) is 5.51. The van der Waals surface area contributed by atoms with Crippen LogP contribution in [0.2, 0.25) is 0 Å². The molecule has 3 rings (SSSR count). The normalized spacial score (nSPS) is 11.4. The van der Waals surface area contributed by atoms with Crippen molar-refractivity contribution >= 4 is 68.3 Å². The Kier molecular flexibility index (Phi) is 7.85. The molecule has 0 radical (unpaired) electrons. The van der Waals surface area contributed by atoms with Gasteiger partial charge in [-0.15, -0.1) is 20.4 Å². The fraction of sp³-hybridized carbons (Fsp3) is 0.250. The van der Waals surface area contributed by atoms with Crippen molar-refractivity contribution in [2.24, 2.45) is 0 Å². The molecule has 0 saturated carbocycles. The van der Waals surface area contributed by atoms with Gasteiger partial charge in [-0.2, -0.15) is 13.2 Å². The van der Waals surface area contributed by atoms with E-state index in [4.69, 9.17) is 0 Å². The molecule has 8 nitrogen and oxygen atoms in total. The zero-order valence-corrected chi connectivity index (χ0v) is 18.9. The minimum absolute atomic E-state index is 0.00925. The van der Waals surface area contributed by atoms with Gasteiger partial charge in [-0.25, -0.2) is 0 Å². The number of carbonyl (C=O) groups excluding carboxylic acids is 2. The van der Waals surface area contributed by atoms with Gasteiger partial charge in [-0.3, -0.25) is 20.2 Å². The number of thioether (sulfide) groups is 2. The lowest BCUT2D eigenvalue weighted by atomic mass is 10.1. The van der Waals surface area contributed by atoms with Gasteiger partial charge in [0.15, 0.2) is 8.68 Å². The maximum atomic E-state index is 13.1. The van der Waals surface area contributed by atoms with Crippen molar-refractivity contribution in [3.63, 3.8) is 0 Å². The first-order valence-electron chi connectivity index (χ1n) is 8.46. The predicted octanol–water partition coefficient (Wildman–Crippen LogP) is 4.50.